The van der Waals surface area contributed by atoms with Crippen LogP contribution in [0.2, 0.25) is 0 Å². The number of amides is 1. The number of fused-ring (bicyclic) bond motifs is 1. The summed E-state index contributed by atoms with van der Waals surface area (Å²) in [5.74, 6) is 2.05. The molecule has 0 bridgehead atoms. The van der Waals surface area contributed by atoms with Crippen LogP contribution < -0.4 is 0 Å². The Balaban J connectivity index is 1.53. The van der Waals surface area contributed by atoms with Gasteiger partial charge in [-0.05, 0) is 44.4 Å². The summed E-state index contributed by atoms with van der Waals surface area (Å²) in [5.41, 5.74) is 0.535. The number of hydrogen-bond donors (Lipinski definition) is 0. The van der Waals surface area contributed by atoms with Gasteiger partial charge in [-0.2, -0.15) is 0 Å². The number of carbonyl (C=O) groups excluding carboxylic acids is 1. The van der Waals surface area contributed by atoms with Gasteiger partial charge in [0, 0.05) is 18.5 Å². The van der Waals surface area contributed by atoms with E-state index in [4.69, 9.17) is 4.42 Å². The van der Waals surface area contributed by atoms with E-state index in [9.17, 15) is 4.79 Å². The van der Waals surface area contributed by atoms with Crippen LogP contribution in [0.1, 0.15) is 86.5 Å². The maximum Gasteiger partial charge on any atom is 0.276 e. The molecule has 120 valence electrons. The molecule has 4 rings (SSSR count). The van der Waals surface area contributed by atoms with Crippen molar-refractivity contribution in [3.63, 3.8) is 0 Å². The summed E-state index contributed by atoms with van der Waals surface area (Å²) in [6.07, 6.45) is 13.9. The van der Waals surface area contributed by atoms with Crippen molar-refractivity contribution in [2.24, 2.45) is 5.92 Å². The van der Waals surface area contributed by atoms with Crippen molar-refractivity contribution in [3.05, 3.63) is 17.8 Å². The van der Waals surface area contributed by atoms with Crippen LogP contribution in [0.3, 0.4) is 0 Å². The van der Waals surface area contributed by atoms with Crippen LogP contribution in [0.25, 0.3) is 0 Å². The zero-order valence-corrected chi connectivity index (χ0v) is 13.3. The lowest BCUT2D eigenvalue weighted by Gasteiger charge is -2.37. The number of rotatable bonds is 2. The molecule has 0 spiro atoms. The Morgan fingerprint density at radius 3 is 2.59 bits per heavy atom. The normalized spacial score (nSPS) is 29.5. The minimum Gasteiger partial charge on any atom is -0.448 e. The van der Waals surface area contributed by atoms with Crippen molar-refractivity contribution in [1.29, 1.82) is 0 Å². The van der Waals surface area contributed by atoms with Gasteiger partial charge >= 0.3 is 0 Å². The van der Waals surface area contributed by atoms with E-state index >= 15 is 0 Å². The maximum atomic E-state index is 13.0. The molecule has 2 heterocycles. The molecule has 0 radical (unpaired) electrons. The van der Waals surface area contributed by atoms with Gasteiger partial charge in [-0.1, -0.05) is 25.7 Å². The Morgan fingerprint density at radius 1 is 1.05 bits per heavy atom. The molecule has 1 saturated heterocycles. The highest BCUT2D eigenvalue weighted by molar-refractivity contribution is 5.92. The minimum atomic E-state index is 0.105. The molecule has 2 aliphatic carbocycles. The molecule has 3 fully saturated rings. The molecule has 4 heteroatoms. The maximum absolute atomic E-state index is 13.0. The average molecular weight is 302 g/mol. The topological polar surface area (TPSA) is 46.3 Å². The van der Waals surface area contributed by atoms with Gasteiger partial charge < -0.3 is 9.32 Å². The Hall–Kier alpha value is -1.32. The fraction of sp³-hybridized carbons (Fsp3) is 0.778. The lowest BCUT2D eigenvalue weighted by atomic mass is 9.81. The van der Waals surface area contributed by atoms with E-state index in [1.54, 1.807) is 6.26 Å². The first-order valence-electron chi connectivity index (χ1n) is 9.09. The van der Waals surface area contributed by atoms with E-state index in [2.05, 4.69) is 9.88 Å². The number of carbonyl (C=O) groups is 1. The summed E-state index contributed by atoms with van der Waals surface area (Å²) in [6.45, 7) is 0.894. The molecule has 2 saturated carbocycles. The van der Waals surface area contributed by atoms with Crippen molar-refractivity contribution >= 4 is 5.91 Å². The molecule has 2 atom stereocenters. The summed E-state index contributed by atoms with van der Waals surface area (Å²) >= 11 is 0. The van der Waals surface area contributed by atoms with Crippen molar-refractivity contribution in [2.75, 3.05) is 6.54 Å². The van der Waals surface area contributed by atoms with Gasteiger partial charge in [0.1, 0.15) is 6.26 Å². The van der Waals surface area contributed by atoms with Crippen LogP contribution in [0, 0.1) is 5.92 Å². The SMILES string of the molecule is O=C(c1coc(C2CCC2)n1)N1CCCC[C@@H]2CCCC[C@H]21. The van der Waals surface area contributed by atoms with Crippen molar-refractivity contribution in [2.45, 2.75) is 76.2 Å². The van der Waals surface area contributed by atoms with Crippen LogP contribution in [-0.4, -0.2) is 28.4 Å². The van der Waals surface area contributed by atoms with Crippen LogP contribution in [-0.2, 0) is 0 Å². The third-order valence-corrected chi connectivity index (χ3v) is 5.95. The molecule has 4 nitrogen and oxygen atoms in total. The Kier molecular flexibility index (Phi) is 3.93. The number of hydrogen-bond acceptors (Lipinski definition) is 3. The van der Waals surface area contributed by atoms with E-state index in [1.807, 2.05) is 0 Å². The minimum absolute atomic E-state index is 0.105. The van der Waals surface area contributed by atoms with Crippen LogP contribution in [0.15, 0.2) is 10.7 Å². The number of oxazole rings is 1. The van der Waals surface area contributed by atoms with E-state index in [0.717, 1.165) is 31.7 Å². The van der Waals surface area contributed by atoms with Gasteiger partial charge in [-0.15, -0.1) is 0 Å². The highest BCUT2D eigenvalue weighted by atomic mass is 16.3. The molecule has 22 heavy (non-hydrogen) atoms. The molecule has 1 aliphatic heterocycles. The molecular formula is C18H26N2O2. The van der Waals surface area contributed by atoms with Gasteiger partial charge in [-0.25, -0.2) is 4.98 Å². The van der Waals surface area contributed by atoms with Gasteiger partial charge in [0.2, 0.25) is 0 Å². The zero-order chi connectivity index (χ0) is 14.9. The summed E-state index contributed by atoms with van der Waals surface area (Å²) < 4.78 is 5.59. The third-order valence-electron chi connectivity index (χ3n) is 5.95. The highest BCUT2D eigenvalue weighted by Gasteiger charge is 2.36. The van der Waals surface area contributed by atoms with Gasteiger partial charge in [0.25, 0.3) is 5.91 Å². The summed E-state index contributed by atoms with van der Waals surface area (Å²) in [7, 11) is 0. The molecule has 0 unspecified atom stereocenters. The Morgan fingerprint density at radius 2 is 1.82 bits per heavy atom. The summed E-state index contributed by atoms with van der Waals surface area (Å²) in [6, 6.07) is 0.438. The fourth-order valence-corrected chi connectivity index (χ4v) is 4.42. The first kappa shape index (κ1) is 14.3. The molecule has 1 aromatic heterocycles. The van der Waals surface area contributed by atoms with Crippen molar-refractivity contribution in [3.8, 4) is 0 Å². The predicted octanol–water partition coefficient (Wildman–Crippen LogP) is 4.13. The Bertz CT molecular complexity index is 535. The number of nitrogens with zero attached hydrogens (tertiary/aromatic N) is 2. The predicted molar refractivity (Wildman–Crippen MR) is 83.7 cm³/mol. The lowest BCUT2D eigenvalue weighted by molar-refractivity contribution is 0.0563. The smallest absolute Gasteiger partial charge is 0.276 e. The monoisotopic (exact) mass is 302 g/mol. The lowest BCUT2D eigenvalue weighted by Crippen LogP contribution is -2.45. The molecule has 0 N–H and O–H groups in total. The quantitative estimate of drug-likeness (QED) is 0.825. The molecule has 1 aromatic rings. The van der Waals surface area contributed by atoms with E-state index in [1.165, 1.54) is 44.9 Å². The van der Waals surface area contributed by atoms with Crippen molar-refractivity contribution in [1.82, 2.24) is 9.88 Å². The van der Waals surface area contributed by atoms with Crippen molar-refractivity contribution < 1.29 is 9.21 Å². The van der Waals surface area contributed by atoms with Gasteiger partial charge in [0.05, 0.1) is 0 Å². The standard InChI is InChI=1S/C18H26N2O2/c21-18(15-12-22-17(19-15)14-8-5-9-14)20-11-4-3-7-13-6-1-2-10-16(13)20/h12-14,16H,1-11H2/t13-,16+/m0/s1. The van der Waals surface area contributed by atoms with Gasteiger partial charge in [0.15, 0.2) is 11.6 Å². The molecular weight excluding hydrogens is 276 g/mol. The zero-order valence-electron chi connectivity index (χ0n) is 13.3. The van der Waals surface area contributed by atoms with E-state index in [-0.39, 0.29) is 5.91 Å². The fourth-order valence-electron chi connectivity index (χ4n) is 4.42. The first-order valence-corrected chi connectivity index (χ1v) is 9.09. The highest BCUT2D eigenvalue weighted by Crippen LogP contribution is 2.37. The molecule has 0 aromatic carbocycles. The third kappa shape index (κ3) is 2.57. The second-order valence-electron chi connectivity index (χ2n) is 7.31. The number of likely N-dealkylation sites (tertiary alicyclic amines) is 1. The second-order valence-corrected chi connectivity index (χ2v) is 7.31. The van der Waals surface area contributed by atoms with Gasteiger partial charge in [-0.3, -0.25) is 4.79 Å². The summed E-state index contributed by atoms with van der Waals surface area (Å²) in [4.78, 5) is 19.6. The number of aromatic nitrogens is 1. The van der Waals surface area contributed by atoms with E-state index in [0.29, 0.717) is 23.6 Å². The van der Waals surface area contributed by atoms with E-state index < -0.39 is 0 Å². The largest absolute Gasteiger partial charge is 0.448 e. The van der Waals surface area contributed by atoms with Crippen LogP contribution >= 0.6 is 0 Å². The molecule has 1 amide bonds. The first-order chi connectivity index (χ1) is 10.8. The Labute approximate surface area is 132 Å². The molecule has 3 aliphatic rings. The summed E-state index contributed by atoms with van der Waals surface area (Å²) in [5, 5.41) is 0. The average Bonchev–Trinajstić information content (AvgIpc) is 2.85. The van der Waals surface area contributed by atoms with Crippen LogP contribution in [0.4, 0.5) is 0 Å². The van der Waals surface area contributed by atoms with Crippen LogP contribution in [0.5, 0.6) is 0 Å². The second kappa shape index (κ2) is 6.05.